The first-order chi connectivity index (χ1) is 10.7. The molecule has 0 radical (unpaired) electrons. The zero-order valence-corrected chi connectivity index (χ0v) is 12.3. The van der Waals surface area contributed by atoms with E-state index in [9.17, 15) is 24.8 Å². The van der Waals surface area contributed by atoms with Crippen LogP contribution in [0, 0.1) is 10.1 Å². The molecule has 9 heteroatoms. The molecule has 1 atom stereocenters. The smallest absolute Gasteiger partial charge is 0.329 e. The minimum absolute atomic E-state index is 0.0937. The molecule has 1 aliphatic rings. The molecule has 0 saturated carbocycles. The predicted octanol–water partition coefficient (Wildman–Crippen LogP) is 0.485. The summed E-state index contributed by atoms with van der Waals surface area (Å²) in [7, 11) is 0. The lowest BCUT2D eigenvalue weighted by molar-refractivity contribution is -0.385. The number of aliphatic hydroxyl groups excluding tert-OH is 1. The topological polar surface area (TPSA) is 141 Å². The molecule has 1 aliphatic heterocycles. The van der Waals surface area contributed by atoms with E-state index < -0.39 is 28.6 Å². The summed E-state index contributed by atoms with van der Waals surface area (Å²) in [6, 6.07) is 4.03. The van der Waals surface area contributed by atoms with Gasteiger partial charge in [0.25, 0.3) is 11.6 Å². The summed E-state index contributed by atoms with van der Waals surface area (Å²) < 4.78 is 0. The Morgan fingerprint density at radius 1 is 1.48 bits per heavy atom. The summed E-state index contributed by atoms with van der Waals surface area (Å²) in [4.78, 5) is 35.6. The fourth-order valence-electron chi connectivity index (χ4n) is 2.65. The van der Waals surface area contributed by atoms with Gasteiger partial charge < -0.3 is 20.2 Å². The number of hydrogen-bond donors (Lipinski definition) is 3. The maximum Gasteiger partial charge on any atom is 0.329 e. The zero-order valence-electron chi connectivity index (χ0n) is 12.3. The van der Waals surface area contributed by atoms with Gasteiger partial charge in [0.2, 0.25) is 0 Å². The second kappa shape index (κ2) is 5.94. The Balaban J connectivity index is 2.41. The Bertz CT molecular complexity index is 673. The monoisotopic (exact) mass is 324 g/mol. The molecular weight excluding hydrogens is 308 g/mol. The molecule has 3 N–H and O–H groups in total. The number of hydrogen-bond acceptors (Lipinski definition) is 6. The van der Waals surface area contributed by atoms with Crippen molar-refractivity contribution >= 4 is 17.6 Å². The van der Waals surface area contributed by atoms with Crippen LogP contribution in [0.25, 0.3) is 0 Å². The van der Waals surface area contributed by atoms with Crippen LogP contribution in [0.2, 0.25) is 0 Å². The third-order valence-electron chi connectivity index (χ3n) is 4.09. The van der Waals surface area contributed by atoms with Crippen LogP contribution in [0.15, 0.2) is 18.2 Å². The Labute approximate surface area is 130 Å². The van der Waals surface area contributed by atoms with Crippen molar-refractivity contribution in [1.29, 1.82) is 0 Å². The van der Waals surface area contributed by atoms with Crippen molar-refractivity contribution in [3.8, 4) is 0 Å². The van der Waals surface area contributed by atoms with Gasteiger partial charge in [0.1, 0.15) is 5.54 Å². The number of aliphatic carboxylic acids is 1. The normalized spacial score (nSPS) is 16.3. The van der Waals surface area contributed by atoms with Gasteiger partial charge in [-0.2, -0.15) is 0 Å². The average molecular weight is 324 g/mol. The van der Waals surface area contributed by atoms with Crippen LogP contribution in [0.1, 0.15) is 35.7 Å². The number of aliphatic hydroxyl groups is 2. The van der Waals surface area contributed by atoms with Crippen molar-refractivity contribution < 1.29 is 29.8 Å². The maximum atomic E-state index is 12.5. The van der Waals surface area contributed by atoms with E-state index in [1.54, 1.807) is 0 Å². The van der Waals surface area contributed by atoms with Crippen molar-refractivity contribution in [3.05, 3.63) is 39.4 Å². The van der Waals surface area contributed by atoms with Crippen LogP contribution >= 0.6 is 0 Å². The number of benzene rings is 1. The van der Waals surface area contributed by atoms with Gasteiger partial charge in [0, 0.05) is 12.5 Å². The summed E-state index contributed by atoms with van der Waals surface area (Å²) >= 11 is 0. The number of carboxylic acids is 1. The molecule has 0 saturated heterocycles. The van der Waals surface area contributed by atoms with Crippen LogP contribution in [-0.4, -0.2) is 48.8 Å². The van der Waals surface area contributed by atoms with Gasteiger partial charge in [-0.05, 0) is 19.4 Å². The fourth-order valence-corrected chi connectivity index (χ4v) is 2.65. The van der Waals surface area contributed by atoms with Crippen molar-refractivity contribution in [2.24, 2.45) is 0 Å². The molecule has 1 heterocycles. The SMILES string of the molecule is CC(CCC(O)O)(C(=O)O)N1Cc2c(cccc2[N+](=O)[O-])C1=O. The highest BCUT2D eigenvalue weighted by Gasteiger charge is 2.47. The molecule has 124 valence electrons. The highest BCUT2D eigenvalue weighted by Crippen LogP contribution is 2.36. The van der Waals surface area contributed by atoms with Gasteiger partial charge in [-0.15, -0.1) is 0 Å². The second-order valence-electron chi connectivity index (χ2n) is 5.55. The fraction of sp³-hybridized carbons (Fsp3) is 0.429. The van der Waals surface area contributed by atoms with Crippen LogP contribution in [0.5, 0.6) is 0 Å². The van der Waals surface area contributed by atoms with E-state index in [2.05, 4.69) is 0 Å². The lowest BCUT2D eigenvalue weighted by atomic mass is 9.93. The van der Waals surface area contributed by atoms with Crippen LogP contribution in [-0.2, 0) is 11.3 Å². The number of carbonyl (C=O) groups is 2. The number of nitro benzene ring substituents is 1. The Kier molecular flexibility index (Phi) is 4.35. The summed E-state index contributed by atoms with van der Waals surface area (Å²) in [5, 5.41) is 38.5. The van der Waals surface area contributed by atoms with Crippen LogP contribution < -0.4 is 0 Å². The van der Waals surface area contributed by atoms with E-state index in [0.717, 1.165) is 4.90 Å². The first-order valence-electron chi connectivity index (χ1n) is 6.86. The van der Waals surface area contributed by atoms with Gasteiger partial charge in [-0.1, -0.05) is 6.07 Å². The Morgan fingerprint density at radius 3 is 2.65 bits per heavy atom. The van der Waals surface area contributed by atoms with Crippen molar-refractivity contribution in [3.63, 3.8) is 0 Å². The molecule has 0 fully saturated rings. The van der Waals surface area contributed by atoms with E-state index >= 15 is 0 Å². The number of amides is 1. The molecule has 0 aliphatic carbocycles. The second-order valence-corrected chi connectivity index (χ2v) is 5.55. The number of nitrogens with zero attached hydrogens (tertiary/aromatic N) is 2. The van der Waals surface area contributed by atoms with E-state index in [1.807, 2.05) is 0 Å². The van der Waals surface area contributed by atoms with Crippen molar-refractivity contribution in [2.75, 3.05) is 0 Å². The standard InChI is InChI=1S/C14H16N2O7/c1-14(13(20)21,6-5-11(17)18)15-7-9-8(12(15)19)3-2-4-10(9)16(22)23/h2-4,11,17-18H,5-7H2,1H3,(H,20,21). The molecule has 23 heavy (non-hydrogen) atoms. The summed E-state index contributed by atoms with van der Waals surface area (Å²) in [5.74, 6) is -1.94. The van der Waals surface area contributed by atoms with Gasteiger partial charge in [0.15, 0.2) is 6.29 Å². The molecule has 0 spiro atoms. The quantitative estimate of drug-likeness (QED) is 0.392. The molecule has 1 aromatic rings. The molecule has 0 bridgehead atoms. The molecule has 1 amide bonds. The van der Waals surface area contributed by atoms with E-state index in [4.69, 9.17) is 10.2 Å². The number of rotatable bonds is 6. The lowest BCUT2D eigenvalue weighted by Gasteiger charge is -2.35. The van der Waals surface area contributed by atoms with E-state index in [1.165, 1.54) is 25.1 Å². The largest absolute Gasteiger partial charge is 0.480 e. The minimum Gasteiger partial charge on any atom is -0.480 e. The molecule has 1 unspecified atom stereocenters. The van der Waals surface area contributed by atoms with Gasteiger partial charge in [0.05, 0.1) is 22.6 Å². The summed E-state index contributed by atoms with van der Waals surface area (Å²) in [6.07, 6.45) is -2.15. The molecule has 9 nitrogen and oxygen atoms in total. The number of carbonyl (C=O) groups excluding carboxylic acids is 1. The van der Waals surface area contributed by atoms with E-state index in [-0.39, 0.29) is 36.2 Å². The Morgan fingerprint density at radius 2 is 2.13 bits per heavy atom. The molecular formula is C14H16N2O7. The summed E-state index contributed by atoms with van der Waals surface area (Å²) in [6.45, 7) is 1.07. The molecule has 1 aromatic carbocycles. The highest BCUT2D eigenvalue weighted by molar-refractivity contribution is 6.02. The number of fused-ring (bicyclic) bond motifs is 1. The van der Waals surface area contributed by atoms with Gasteiger partial charge in [-0.3, -0.25) is 14.9 Å². The van der Waals surface area contributed by atoms with Gasteiger partial charge in [-0.25, -0.2) is 4.79 Å². The molecule has 0 aromatic heterocycles. The predicted molar refractivity (Wildman–Crippen MR) is 76.5 cm³/mol. The first-order valence-corrected chi connectivity index (χ1v) is 6.86. The highest BCUT2D eigenvalue weighted by atomic mass is 16.6. The van der Waals surface area contributed by atoms with Crippen molar-refractivity contribution in [1.82, 2.24) is 4.90 Å². The maximum absolute atomic E-state index is 12.5. The number of nitro groups is 1. The van der Waals surface area contributed by atoms with Crippen molar-refractivity contribution in [2.45, 2.75) is 38.1 Å². The van der Waals surface area contributed by atoms with E-state index in [0.29, 0.717) is 0 Å². The average Bonchev–Trinajstić information content (AvgIpc) is 2.82. The Hall–Kier alpha value is -2.52. The minimum atomic E-state index is -1.71. The van der Waals surface area contributed by atoms with Crippen LogP contribution in [0.4, 0.5) is 5.69 Å². The third kappa shape index (κ3) is 2.88. The third-order valence-corrected chi connectivity index (χ3v) is 4.09. The molecule has 2 rings (SSSR count). The number of carboxylic acid groups (broad SMARTS) is 1. The zero-order chi connectivity index (χ0) is 17.4. The summed E-state index contributed by atoms with van der Waals surface area (Å²) in [5.41, 5.74) is -1.68. The first kappa shape index (κ1) is 16.8. The van der Waals surface area contributed by atoms with Crippen LogP contribution in [0.3, 0.4) is 0 Å². The lowest BCUT2D eigenvalue weighted by Crippen LogP contribution is -2.52. The van der Waals surface area contributed by atoms with Gasteiger partial charge >= 0.3 is 5.97 Å².